The van der Waals surface area contributed by atoms with Crippen molar-refractivity contribution in [2.45, 2.75) is 6.92 Å². The lowest BCUT2D eigenvalue weighted by atomic mass is 10.2. The van der Waals surface area contributed by atoms with E-state index in [-0.39, 0.29) is 0 Å². The Morgan fingerprint density at radius 3 is 2.88 bits per heavy atom. The van der Waals surface area contributed by atoms with Crippen LogP contribution in [0.2, 0.25) is 0 Å². The van der Waals surface area contributed by atoms with Gasteiger partial charge in [-0.2, -0.15) is 5.10 Å². The van der Waals surface area contributed by atoms with Crippen molar-refractivity contribution in [3.8, 4) is 0 Å². The van der Waals surface area contributed by atoms with Crippen LogP contribution in [0, 0.1) is 6.92 Å². The lowest BCUT2D eigenvalue weighted by molar-refractivity contribution is 0.112. The van der Waals surface area contributed by atoms with Crippen molar-refractivity contribution in [1.29, 1.82) is 0 Å². The first-order valence-electron chi connectivity index (χ1n) is 5.01. The second-order valence-corrected chi connectivity index (χ2v) is 3.64. The van der Waals surface area contributed by atoms with Crippen molar-refractivity contribution in [1.82, 2.24) is 9.78 Å². The SMILES string of the molecule is Cc1c(Nc2cccc(C=O)c2)cnn1C. The third-order valence-electron chi connectivity index (χ3n) is 2.54. The van der Waals surface area contributed by atoms with Gasteiger partial charge in [0.1, 0.15) is 6.29 Å². The van der Waals surface area contributed by atoms with Gasteiger partial charge in [0, 0.05) is 18.3 Å². The number of hydrogen-bond donors (Lipinski definition) is 1. The summed E-state index contributed by atoms with van der Waals surface area (Å²) in [5.74, 6) is 0. The molecule has 1 aromatic carbocycles. The van der Waals surface area contributed by atoms with Crippen LogP contribution in [0.3, 0.4) is 0 Å². The van der Waals surface area contributed by atoms with Gasteiger partial charge in [-0.3, -0.25) is 9.48 Å². The molecule has 0 aliphatic carbocycles. The maximum atomic E-state index is 10.6. The largest absolute Gasteiger partial charge is 0.353 e. The maximum absolute atomic E-state index is 10.6. The van der Waals surface area contributed by atoms with E-state index < -0.39 is 0 Å². The smallest absolute Gasteiger partial charge is 0.150 e. The Morgan fingerprint density at radius 2 is 2.25 bits per heavy atom. The molecule has 0 unspecified atom stereocenters. The summed E-state index contributed by atoms with van der Waals surface area (Å²) in [6, 6.07) is 7.34. The molecule has 0 fully saturated rings. The summed E-state index contributed by atoms with van der Waals surface area (Å²) in [4.78, 5) is 10.6. The number of rotatable bonds is 3. The number of nitrogens with one attached hydrogen (secondary N) is 1. The minimum absolute atomic E-state index is 0.659. The van der Waals surface area contributed by atoms with E-state index in [0.717, 1.165) is 23.4 Å². The molecule has 0 saturated carbocycles. The second-order valence-electron chi connectivity index (χ2n) is 3.64. The molecule has 0 aliphatic heterocycles. The lowest BCUT2D eigenvalue weighted by Crippen LogP contribution is -1.95. The van der Waals surface area contributed by atoms with Crippen LogP contribution in [-0.4, -0.2) is 16.1 Å². The summed E-state index contributed by atoms with van der Waals surface area (Å²) < 4.78 is 1.80. The van der Waals surface area contributed by atoms with Gasteiger partial charge < -0.3 is 5.32 Å². The summed E-state index contributed by atoms with van der Waals surface area (Å²) in [5.41, 5.74) is 3.55. The molecule has 82 valence electrons. The average molecular weight is 215 g/mol. The number of hydrogen-bond acceptors (Lipinski definition) is 3. The van der Waals surface area contributed by atoms with Crippen LogP contribution >= 0.6 is 0 Å². The van der Waals surface area contributed by atoms with Gasteiger partial charge in [0.25, 0.3) is 0 Å². The Labute approximate surface area is 93.9 Å². The fourth-order valence-corrected chi connectivity index (χ4v) is 1.47. The van der Waals surface area contributed by atoms with Gasteiger partial charge in [-0.1, -0.05) is 12.1 Å². The summed E-state index contributed by atoms with van der Waals surface area (Å²) in [6.07, 6.45) is 2.60. The van der Waals surface area contributed by atoms with Crippen LogP contribution in [-0.2, 0) is 7.05 Å². The zero-order valence-corrected chi connectivity index (χ0v) is 9.27. The first-order chi connectivity index (χ1) is 7.70. The monoisotopic (exact) mass is 215 g/mol. The van der Waals surface area contributed by atoms with Crippen molar-refractivity contribution >= 4 is 17.7 Å². The van der Waals surface area contributed by atoms with Crippen LogP contribution in [0.15, 0.2) is 30.5 Å². The van der Waals surface area contributed by atoms with E-state index in [1.165, 1.54) is 0 Å². The van der Waals surface area contributed by atoms with Crippen molar-refractivity contribution in [3.05, 3.63) is 41.7 Å². The van der Waals surface area contributed by atoms with E-state index in [2.05, 4.69) is 10.4 Å². The van der Waals surface area contributed by atoms with Crippen molar-refractivity contribution in [2.24, 2.45) is 7.05 Å². The lowest BCUT2D eigenvalue weighted by Gasteiger charge is -2.05. The first kappa shape index (κ1) is 10.4. The molecule has 0 aliphatic rings. The van der Waals surface area contributed by atoms with E-state index in [1.54, 1.807) is 23.0 Å². The molecular weight excluding hydrogens is 202 g/mol. The van der Waals surface area contributed by atoms with Crippen LogP contribution in [0.4, 0.5) is 11.4 Å². The first-order valence-corrected chi connectivity index (χ1v) is 5.01. The minimum atomic E-state index is 0.659. The third-order valence-corrected chi connectivity index (χ3v) is 2.54. The van der Waals surface area contributed by atoms with E-state index in [4.69, 9.17) is 0 Å². The zero-order chi connectivity index (χ0) is 11.5. The van der Waals surface area contributed by atoms with E-state index in [1.807, 2.05) is 26.1 Å². The molecule has 2 rings (SSSR count). The molecule has 0 bridgehead atoms. The summed E-state index contributed by atoms with van der Waals surface area (Å²) in [5, 5.41) is 7.37. The molecule has 0 saturated heterocycles. The molecule has 1 aromatic heterocycles. The Hall–Kier alpha value is -2.10. The number of aldehydes is 1. The van der Waals surface area contributed by atoms with Crippen molar-refractivity contribution in [3.63, 3.8) is 0 Å². The highest BCUT2D eigenvalue weighted by atomic mass is 16.1. The molecule has 4 nitrogen and oxygen atoms in total. The Balaban J connectivity index is 2.26. The van der Waals surface area contributed by atoms with Crippen molar-refractivity contribution < 1.29 is 4.79 Å². The van der Waals surface area contributed by atoms with Gasteiger partial charge in [0.2, 0.25) is 0 Å². The highest BCUT2D eigenvalue weighted by molar-refractivity contribution is 5.77. The molecule has 2 aromatic rings. The quantitative estimate of drug-likeness (QED) is 0.799. The fraction of sp³-hybridized carbons (Fsp3) is 0.167. The number of aromatic nitrogens is 2. The molecule has 0 radical (unpaired) electrons. The standard InChI is InChI=1S/C12H13N3O/c1-9-12(7-13-15(9)2)14-11-5-3-4-10(6-11)8-16/h3-8,14H,1-2H3. The van der Waals surface area contributed by atoms with Crippen LogP contribution in [0.5, 0.6) is 0 Å². The van der Waals surface area contributed by atoms with Gasteiger partial charge >= 0.3 is 0 Å². The predicted molar refractivity (Wildman–Crippen MR) is 63.1 cm³/mol. The summed E-state index contributed by atoms with van der Waals surface area (Å²) >= 11 is 0. The van der Waals surface area contributed by atoms with Gasteiger partial charge in [0.05, 0.1) is 17.6 Å². The van der Waals surface area contributed by atoms with Crippen LogP contribution in [0.1, 0.15) is 16.1 Å². The Bertz CT molecular complexity index is 517. The van der Waals surface area contributed by atoms with E-state index in [0.29, 0.717) is 5.56 Å². The molecular formula is C12H13N3O. The minimum Gasteiger partial charge on any atom is -0.353 e. The molecule has 1 heterocycles. The van der Waals surface area contributed by atoms with Gasteiger partial charge in [0.15, 0.2) is 0 Å². The fourth-order valence-electron chi connectivity index (χ4n) is 1.47. The second kappa shape index (κ2) is 4.18. The number of anilines is 2. The van der Waals surface area contributed by atoms with E-state index >= 15 is 0 Å². The molecule has 0 amide bonds. The number of carbonyl (C=O) groups is 1. The van der Waals surface area contributed by atoms with Crippen LogP contribution in [0.25, 0.3) is 0 Å². The Kier molecular flexibility index (Phi) is 2.72. The highest BCUT2D eigenvalue weighted by Crippen LogP contribution is 2.19. The normalized spacial score (nSPS) is 10.1. The number of aryl methyl sites for hydroxylation is 1. The van der Waals surface area contributed by atoms with Gasteiger partial charge in [-0.15, -0.1) is 0 Å². The van der Waals surface area contributed by atoms with Gasteiger partial charge in [-0.05, 0) is 19.1 Å². The molecule has 0 spiro atoms. The molecule has 1 N–H and O–H groups in total. The average Bonchev–Trinajstić information content (AvgIpc) is 2.61. The predicted octanol–water partition coefficient (Wildman–Crippen LogP) is 2.28. The maximum Gasteiger partial charge on any atom is 0.150 e. The number of nitrogens with zero attached hydrogens (tertiary/aromatic N) is 2. The summed E-state index contributed by atoms with van der Waals surface area (Å²) in [7, 11) is 1.89. The van der Waals surface area contributed by atoms with Crippen molar-refractivity contribution in [2.75, 3.05) is 5.32 Å². The molecule has 16 heavy (non-hydrogen) atoms. The van der Waals surface area contributed by atoms with Crippen LogP contribution < -0.4 is 5.32 Å². The third kappa shape index (κ3) is 1.95. The summed E-state index contributed by atoms with van der Waals surface area (Å²) in [6.45, 7) is 1.99. The number of carbonyl (C=O) groups excluding carboxylic acids is 1. The number of benzene rings is 1. The zero-order valence-electron chi connectivity index (χ0n) is 9.27. The topological polar surface area (TPSA) is 46.9 Å². The highest BCUT2D eigenvalue weighted by Gasteiger charge is 2.03. The van der Waals surface area contributed by atoms with E-state index in [9.17, 15) is 4.79 Å². The van der Waals surface area contributed by atoms with Gasteiger partial charge in [-0.25, -0.2) is 0 Å². The molecule has 4 heteroatoms. The molecule has 0 atom stereocenters. The Morgan fingerprint density at radius 1 is 1.44 bits per heavy atom.